The Morgan fingerprint density at radius 1 is 1.46 bits per heavy atom. The lowest BCUT2D eigenvalue weighted by molar-refractivity contribution is -0.143. The van der Waals surface area contributed by atoms with Crippen molar-refractivity contribution < 1.29 is 9.90 Å². The number of carbonyl (C=O) groups is 1. The molecule has 1 aliphatic rings. The van der Waals surface area contributed by atoms with E-state index >= 15 is 0 Å². The van der Waals surface area contributed by atoms with E-state index in [1.54, 1.807) is 6.92 Å². The first-order valence-corrected chi connectivity index (χ1v) is 4.93. The summed E-state index contributed by atoms with van der Waals surface area (Å²) in [5.41, 5.74) is 0. The average molecular weight is 185 g/mol. The number of carboxylic acid groups (broad SMARTS) is 1. The van der Waals surface area contributed by atoms with E-state index < -0.39 is 5.97 Å². The molecule has 1 rings (SSSR count). The number of carboxylic acids is 1. The minimum absolute atomic E-state index is 0.345. The van der Waals surface area contributed by atoms with Crippen LogP contribution < -0.4 is 0 Å². The Hall–Kier alpha value is -0.570. The molecule has 0 aliphatic carbocycles. The molecule has 1 N–H and O–H groups in total. The molecule has 1 saturated heterocycles. The molecule has 13 heavy (non-hydrogen) atoms. The van der Waals surface area contributed by atoms with E-state index in [-0.39, 0.29) is 6.04 Å². The van der Waals surface area contributed by atoms with Crippen LogP contribution in [0.3, 0.4) is 0 Å². The molecule has 3 heteroatoms. The van der Waals surface area contributed by atoms with Gasteiger partial charge in [-0.1, -0.05) is 13.8 Å². The SMILES string of the molecule is CC1CN(C(C)C(=O)O)C(C)C1C. The summed E-state index contributed by atoms with van der Waals surface area (Å²) in [4.78, 5) is 12.9. The maximum absolute atomic E-state index is 10.8. The quantitative estimate of drug-likeness (QED) is 0.707. The lowest BCUT2D eigenvalue weighted by Gasteiger charge is -2.26. The van der Waals surface area contributed by atoms with Crippen LogP contribution in [0.5, 0.6) is 0 Å². The molecular weight excluding hydrogens is 166 g/mol. The molecule has 0 aromatic rings. The summed E-state index contributed by atoms with van der Waals surface area (Å²) in [5.74, 6) is 0.492. The average Bonchev–Trinajstić information content (AvgIpc) is 2.31. The summed E-state index contributed by atoms with van der Waals surface area (Å²) >= 11 is 0. The standard InChI is InChI=1S/C10H19NO2/c1-6-5-11(8(3)7(6)2)9(4)10(12)13/h6-9H,5H2,1-4H3,(H,12,13). The van der Waals surface area contributed by atoms with Crippen LogP contribution in [0.1, 0.15) is 27.7 Å². The highest BCUT2D eigenvalue weighted by Crippen LogP contribution is 2.30. The zero-order valence-electron chi connectivity index (χ0n) is 8.82. The minimum Gasteiger partial charge on any atom is -0.480 e. The van der Waals surface area contributed by atoms with Gasteiger partial charge in [0.05, 0.1) is 0 Å². The van der Waals surface area contributed by atoms with Crippen molar-refractivity contribution in [2.45, 2.75) is 39.8 Å². The van der Waals surface area contributed by atoms with E-state index in [1.807, 2.05) is 0 Å². The van der Waals surface area contributed by atoms with Crippen LogP contribution in [-0.4, -0.2) is 34.6 Å². The third-order valence-corrected chi connectivity index (χ3v) is 3.54. The van der Waals surface area contributed by atoms with E-state index in [9.17, 15) is 4.79 Å². The summed E-state index contributed by atoms with van der Waals surface area (Å²) in [5, 5.41) is 8.89. The molecule has 0 aromatic heterocycles. The first kappa shape index (κ1) is 10.5. The number of hydrogen-bond donors (Lipinski definition) is 1. The molecule has 3 nitrogen and oxygen atoms in total. The number of hydrogen-bond acceptors (Lipinski definition) is 2. The van der Waals surface area contributed by atoms with Crippen molar-refractivity contribution in [3.8, 4) is 0 Å². The van der Waals surface area contributed by atoms with Crippen LogP contribution in [0.4, 0.5) is 0 Å². The van der Waals surface area contributed by atoms with Gasteiger partial charge in [0.1, 0.15) is 6.04 Å². The molecule has 0 bridgehead atoms. The van der Waals surface area contributed by atoms with Crippen molar-refractivity contribution in [2.24, 2.45) is 11.8 Å². The molecule has 0 radical (unpaired) electrons. The maximum Gasteiger partial charge on any atom is 0.320 e. The Labute approximate surface area is 79.7 Å². The van der Waals surface area contributed by atoms with E-state index in [0.29, 0.717) is 17.9 Å². The van der Waals surface area contributed by atoms with Crippen molar-refractivity contribution in [3.05, 3.63) is 0 Å². The van der Waals surface area contributed by atoms with E-state index in [2.05, 4.69) is 25.7 Å². The van der Waals surface area contributed by atoms with Gasteiger partial charge in [-0.15, -0.1) is 0 Å². The van der Waals surface area contributed by atoms with Crippen molar-refractivity contribution in [3.63, 3.8) is 0 Å². The van der Waals surface area contributed by atoms with Gasteiger partial charge in [-0.2, -0.15) is 0 Å². The van der Waals surface area contributed by atoms with Crippen molar-refractivity contribution >= 4 is 5.97 Å². The highest BCUT2D eigenvalue weighted by molar-refractivity contribution is 5.73. The first-order chi connectivity index (χ1) is 5.95. The highest BCUT2D eigenvalue weighted by Gasteiger charge is 2.37. The van der Waals surface area contributed by atoms with Crippen LogP contribution >= 0.6 is 0 Å². The van der Waals surface area contributed by atoms with Crippen LogP contribution in [0.25, 0.3) is 0 Å². The third-order valence-electron chi connectivity index (χ3n) is 3.54. The Morgan fingerprint density at radius 3 is 2.31 bits per heavy atom. The fraction of sp³-hybridized carbons (Fsp3) is 0.900. The zero-order valence-corrected chi connectivity index (χ0v) is 8.82. The van der Waals surface area contributed by atoms with Gasteiger partial charge in [0, 0.05) is 12.6 Å². The molecule has 76 valence electrons. The van der Waals surface area contributed by atoms with Gasteiger partial charge in [0.2, 0.25) is 0 Å². The summed E-state index contributed by atoms with van der Waals surface area (Å²) in [7, 11) is 0. The maximum atomic E-state index is 10.8. The molecule has 4 unspecified atom stereocenters. The van der Waals surface area contributed by atoms with Gasteiger partial charge >= 0.3 is 5.97 Å². The van der Waals surface area contributed by atoms with Crippen LogP contribution in [0.2, 0.25) is 0 Å². The summed E-state index contributed by atoms with van der Waals surface area (Å²) in [6.07, 6.45) is 0. The Bertz CT molecular complexity index is 205. The normalized spacial score (nSPS) is 37.7. The molecule has 0 saturated carbocycles. The van der Waals surface area contributed by atoms with Gasteiger partial charge < -0.3 is 5.11 Å². The van der Waals surface area contributed by atoms with Crippen LogP contribution in [-0.2, 0) is 4.79 Å². The van der Waals surface area contributed by atoms with Crippen LogP contribution in [0.15, 0.2) is 0 Å². The van der Waals surface area contributed by atoms with Gasteiger partial charge in [0.15, 0.2) is 0 Å². The smallest absolute Gasteiger partial charge is 0.320 e. The Kier molecular flexibility index (Phi) is 2.96. The molecule has 1 heterocycles. The summed E-state index contributed by atoms with van der Waals surface area (Å²) in [6.45, 7) is 9.19. The van der Waals surface area contributed by atoms with E-state index in [0.717, 1.165) is 6.54 Å². The van der Waals surface area contributed by atoms with Gasteiger partial charge in [-0.25, -0.2) is 0 Å². The van der Waals surface area contributed by atoms with Crippen LogP contribution in [0, 0.1) is 11.8 Å². The second kappa shape index (κ2) is 3.66. The van der Waals surface area contributed by atoms with Gasteiger partial charge in [0.25, 0.3) is 0 Å². The lowest BCUT2D eigenvalue weighted by atomic mass is 9.95. The lowest BCUT2D eigenvalue weighted by Crippen LogP contribution is -2.42. The molecule has 0 aromatic carbocycles. The second-order valence-corrected chi connectivity index (χ2v) is 4.29. The molecule has 4 atom stereocenters. The fourth-order valence-corrected chi connectivity index (χ4v) is 2.10. The predicted octanol–water partition coefficient (Wildman–Crippen LogP) is 1.44. The summed E-state index contributed by atoms with van der Waals surface area (Å²) in [6, 6.07) is 0.0449. The molecule has 1 fully saturated rings. The zero-order chi connectivity index (χ0) is 10.2. The largest absolute Gasteiger partial charge is 0.480 e. The monoisotopic (exact) mass is 185 g/mol. The minimum atomic E-state index is -0.715. The second-order valence-electron chi connectivity index (χ2n) is 4.29. The molecule has 0 amide bonds. The molecule has 0 spiro atoms. The van der Waals surface area contributed by atoms with Gasteiger partial charge in [-0.05, 0) is 25.7 Å². The Balaban J connectivity index is 2.68. The highest BCUT2D eigenvalue weighted by atomic mass is 16.4. The van der Waals surface area contributed by atoms with E-state index in [4.69, 9.17) is 5.11 Å². The number of aliphatic carboxylic acids is 1. The molecule has 1 aliphatic heterocycles. The number of nitrogens with zero attached hydrogens (tertiary/aromatic N) is 1. The Morgan fingerprint density at radius 2 is 2.00 bits per heavy atom. The van der Waals surface area contributed by atoms with Crippen molar-refractivity contribution in [2.75, 3.05) is 6.54 Å². The summed E-state index contributed by atoms with van der Waals surface area (Å²) < 4.78 is 0. The van der Waals surface area contributed by atoms with Gasteiger partial charge in [-0.3, -0.25) is 9.69 Å². The van der Waals surface area contributed by atoms with Crippen molar-refractivity contribution in [1.82, 2.24) is 4.90 Å². The number of rotatable bonds is 2. The topological polar surface area (TPSA) is 40.5 Å². The fourth-order valence-electron chi connectivity index (χ4n) is 2.10. The molecular formula is C10H19NO2. The third kappa shape index (κ3) is 1.85. The first-order valence-electron chi connectivity index (χ1n) is 4.93. The van der Waals surface area contributed by atoms with Crippen molar-refractivity contribution in [1.29, 1.82) is 0 Å². The predicted molar refractivity (Wildman–Crippen MR) is 51.6 cm³/mol. The number of likely N-dealkylation sites (tertiary alicyclic amines) is 1. The van der Waals surface area contributed by atoms with E-state index in [1.165, 1.54) is 0 Å².